The first kappa shape index (κ1) is 22.3. The van der Waals surface area contributed by atoms with E-state index in [1.54, 1.807) is 54.6 Å². The number of carbonyl (C=O) groups excluding carboxylic acids is 2. The summed E-state index contributed by atoms with van der Waals surface area (Å²) in [4.78, 5) is 38.5. The van der Waals surface area contributed by atoms with Crippen molar-refractivity contribution in [1.82, 2.24) is 26.1 Å². The van der Waals surface area contributed by atoms with Crippen molar-refractivity contribution in [2.24, 2.45) is 5.10 Å². The van der Waals surface area contributed by atoms with Gasteiger partial charge in [0.25, 0.3) is 23.1 Å². The summed E-state index contributed by atoms with van der Waals surface area (Å²) in [5.41, 5.74) is 2.91. The molecule has 0 spiro atoms. The fraction of sp³-hybridized carbons (Fsp3) is 0.136. The normalized spacial score (nSPS) is 12.4. The van der Waals surface area contributed by atoms with Crippen molar-refractivity contribution in [3.63, 3.8) is 0 Å². The molecule has 0 fully saturated rings. The summed E-state index contributed by atoms with van der Waals surface area (Å²) in [5, 5.41) is 28.8. The molecule has 0 radical (unpaired) electrons. The number of amides is 2. The Bertz CT molecular complexity index is 1460. The van der Waals surface area contributed by atoms with Gasteiger partial charge in [-0.1, -0.05) is 36.4 Å². The Balaban J connectivity index is 1.71. The smallest absolute Gasteiger partial charge is 0.272 e. The minimum Gasteiger partial charge on any atom is -0.359 e. The first-order valence-corrected chi connectivity index (χ1v) is 10.1. The van der Waals surface area contributed by atoms with E-state index in [-0.39, 0.29) is 27.7 Å². The van der Waals surface area contributed by atoms with Crippen molar-refractivity contribution >= 4 is 28.3 Å². The lowest BCUT2D eigenvalue weighted by Crippen LogP contribution is -2.40. The van der Waals surface area contributed by atoms with Crippen LogP contribution in [-0.2, 0) is 4.79 Å². The molecule has 0 bridgehead atoms. The fourth-order valence-corrected chi connectivity index (χ4v) is 3.29. The van der Waals surface area contributed by atoms with Crippen LogP contribution < -0.4 is 21.2 Å². The highest BCUT2D eigenvalue weighted by molar-refractivity contribution is 6.01. The molecule has 34 heavy (non-hydrogen) atoms. The molecule has 1 unspecified atom stereocenters. The molecule has 4 rings (SSSR count). The summed E-state index contributed by atoms with van der Waals surface area (Å²) in [6, 6.07) is 13.6. The van der Waals surface area contributed by atoms with Gasteiger partial charge in [-0.2, -0.15) is 10.2 Å². The van der Waals surface area contributed by atoms with E-state index in [0.717, 1.165) is 0 Å². The van der Waals surface area contributed by atoms with E-state index in [9.17, 15) is 19.6 Å². The van der Waals surface area contributed by atoms with Gasteiger partial charge in [-0.3, -0.25) is 19.0 Å². The lowest BCUT2D eigenvalue weighted by molar-refractivity contribution is -0.806. The summed E-state index contributed by atoms with van der Waals surface area (Å²) >= 11 is 0. The monoisotopic (exact) mass is 461 g/mol. The maximum Gasteiger partial charge on any atom is 0.272 e. The molecule has 2 heterocycles. The molecule has 4 aromatic rings. The van der Waals surface area contributed by atoms with Crippen molar-refractivity contribution in [2.45, 2.75) is 19.9 Å². The Morgan fingerprint density at radius 1 is 1.12 bits per heavy atom. The Kier molecular flexibility index (Phi) is 6.12. The second-order valence-electron chi connectivity index (χ2n) is 7.29. The van der Waals surface area contributed by atoms with Gasteiger partial charge < -0.3 is 10.5 Å². The SMILES string of the molecule is C/C(=N\NC(=O)C(NC(=O)c1ccccc1)c1n[nH]c(=O)c2ccccc12)c1no[n+]([O-])c1C. The second-order valence-corrected chi connectivity index (χ2v) is 7.29. The highest BCUT2D eigenvalue weighted by Gasteiger charge is 2.28. The highest BCUT2D eigenvalue weighted by Crippen LogP contribution is 2.20. The van der Waals surface area contributed by atoms with Crippen LogP contribution in [-0.4, -0.2) is 32.9 Å². The van der Waals surface area contributed by atoms with Crippen LogP contribution in [0.25, 0.3) is 10.8 Å². The van der Waals surface area contributed by atoms with Gasteiger partial charge in [-0.25, -0.2) is 10.5 Å². The zero-order valence-electron chi connectivity index (χ0n) is 18.1. The number of H-pyrrole nitrogens is 1. The van der Waals surface area contributed by atoms with Crippen LogP contribution in [0.2, 0.25) is 0 Å². The van der Waals surface area contributed by atoms with E-state index < -0.39 is 23.4 Å². The molecule has 1 atom stereocenters. The number of benzene rings is 2. The molecule has 172 valence electrons. The molecule has 2 aromatic carbocycles. The molecule has 12 heteroatoms. The molecule has 0 aliphatic heterocycles. The Morgan fingerprint density at radius 3 is 2.47 bits per heavy atom. The van der Waals surface area contributed by atoms with Crippen LogP contribution in [0.15, 0.2) is 69.1 Å². The number of hydrogen-bond acceptors (Lipinski definition) is 8. The van der Waals surface area contributed by atoms with Crippen LogP contribution in [0.5, 0.6) is 0 Å². The maximum atomic E-state index is 13.2. The predicted octanol–water partition coefficient (Wildman–Crippen LogP) is 0.864. The van der Waals surface area contributed by atoms with Crippen molar-refractivity contribution in [3.05, 3.63) is 92.8 Å². The quantitative estimate of drug-likeness (QED) is 0.217. The second kappa shape index (κ2) is 9.32. The lowest BCUT2D eigenvalue weighted by Gasteiger charge is -2.18. The van der Waals surface area contributed by atoms with Crippen LogP contribution >= 0.6 is 0 Å². The van der Waals surface area contributed by atoms with Gasteiger partial charge in [0, 0.05) is 23.0 Å². The topological polar surface area (TPSA) is 169 Å². The zero-order valence-corrected chi connectivity index (χ0v) is 18.1. The molecular weight excluding hydrogens is 442 g/mol. The Labute approximate surface area is 191 Å². The third kappa shape index (κ3) is 4.37. The standard InChI is InChI=1S/C22H19N7O5/c1-12(17-13(2)29(33)34-28-17)24-27-22(32)19(23-20(30)14-8-4-3-5-9-14)18-15-10-6-7-11-16(15)21(31)26-25-18/h3-11,19H,1-2H3,(H,23,30)(H,26,31)(H,27,32)/b24-12+. The van der Waals surface area contributed by atoms with Crippen molar-refractivity contribution < 1.29 is 19.1 Å². The van der Waals surface area contributed by atoms with Crippen LogP contribution in [0.3, 0.4) is 0 Å². The van der Waals surface area contributed by atoms with Gasteiger partial charge in [0.2, 0.25) is 5.69 Å². The highest BCUT2D eigenvalue weighted by atomic mass is 16.8. The number of hydrazone groups is 1. The first-order valence-electron chi connectivity index (χ1n) is 10.1. The molecule has 2 aromatic heterocycles. The fourth-order valence-electron chi connectivity index (χ4n) is 3.29. The molecule has 12 nitrogen and oxygen atoms in total. The van der Waals surface area contributed by atoms with E-state index in [1.165, 1.54) is 13.8 Å². The molecule has 0 saturated heterocycles. The van der Waals surface area contributed by atoms with Crippen LogP contribution in [0.1, 0.15) is 40.4 Å². The van der Waals surface area contributed by atoms with Gasteiger partial charge in [0.05, 0.1) is 5.39 Å². The lowest BCUT2D eigenvalue weighted by atomic mass is 10.0. The number of nitrogens with one attached hydrogen (secondary N) is 3. The van der Waals surface area contributed by atoms with Crippen molar-refractivity contribution in [1.29, 1.82) is 0 Å². The van der Waals surface area contributed by atoms with Gasteiger partial charge >= 0.3 is 0 Å². The number of hydrogen-bond donors (Lipinski definition) is 3. The Hall–Kier alpha value is -4.87. The molecule has 2 amide bonds. The summed E-state index contributed by atoms with van der Waals surface area (Å²) in [6.07, 6.45) is 0. The summed E-state index contributed by atoms with van der Waals surface area (Å²) in [6.45, 7) is 3.01. The summed E-state index contributed by atoms with van der Waals surface area (Å²) < 4.78 is 4.52. The average Bonchev–Trinajstić information content (AvgIpc) is 3.20. The van der Waals surface area contributed by atoms with Gasteiger partial charge in [-0.15, -0.1) is 0 Å². The van der Waals surface area contributed by atoms with E-state index in [4.69, 9.17) is 0 Å². The van der Waals surface area contributed by atoms with E-state index >= 15 is 0 Å². The zero-order chi connectivity index (χ0) is 24.2. The molecule has 0 saturated carbocycles. The van der Waals surface area contributed by atoms with E-state index in [1.807, 2.05) is 0 Å². The minimum atomic E-state index is -1.31. The number of rotatable bonds is 6. The third-order valence-corrected chi connectivity index (χ3v) is 5.07. The maximum absolute atomic E-state index is 13.2. The third-order valence-electron chi connectivity index (χ3n) is 5.07. The predicted molar refractivity (Wildman–Crippen MR) is 120 cm³/mol. The number of aromatic amines is 1. The number of nitrogens with zero attached hydrogens (tertiary/aromatic N) is 4. The summed E-state index contributed by atoms with van der Waals surface area (Å²) in [7, 11) is 0. The average molecular weight is 461 g/mol. The summed E-state index contributed by atoms with van der Waals surface area (Å²) in [5.74, 6) is -1.26. The van der Waals surface area contributed by atoms with Gasteiger partial charge in [0.15, 0.2) is 6.04 Å². The van der Waals surface area contributed by atoms with Crippen LogP contribution in [0, 0.1) is 12.1 Å². The first-order chi connectivity index (χ1) is 16.4. The number of carbonyl (C=O) groups is 2. The largest absolute Gasteiger partial charge is 0.359 e. The van der Waals surface area contributed by atoms with Crippen molar-refractivity contribution in [2.75, 3.05) is 0 Å². The molecule has 0 aliphatic carbocycles. The number of fused-ring (bicyclic) bond motifs is 1. The van der Waals surface area contributed by atoms with Crippen LogP contribution in [0.4, 0.5) is 0 Å². The van der Waals surface area contributed by atoms with Gasteiger partial charge in [0.1, 0.15) is 11.4 Å². The molecule has 3 N–H and O–H groups in total. The van der Waals surface area contributed by atoms with Gasteiger partial charge in [-0.05, 0) is 30.0 Å². The van der Waals surface area contributed by atoms with Crippen molar-refractivity contribution in [3.8, 4) is 0 Å². The molecular formula is C22H19N7O5. The molecule has 0 aliphatic rings. The minimum absolute atomic E-state index is 0.125. The number of aromatic nitrogens is 4. The van der Waals surface area contributed by atoms with E-state index in [2.05, 4.69) is 35.8 Å². The Morgan fingerprint density at radius 2 is 1.79 bits per heavy atom. The van der Waals surface area contributed by atoms with E-state index in [0.29, 0.717) is 16.3 Å².